The zero-order valence-corrected chi connectivity index (χ0v) is 5.38. The fraction of sp³-hybridized carbons (Fsp3) is 1.00. The molecule has 2 aliphatic rings. The second-order valence-corrected chi connectivity index (χ2v) is 2.44. The van der Waals surface area contributed by atoms with Crippen LogP contribution in [0.4, 0.5) is 0 Å². The molecule has 0 aromatic carbocycles. The summed E-state index contributed by atoms with van der Waals surface area (Å²) in [7, 11) is 0. The van der Waals surface area contributed by atoms with Crippen LogP contribution in [0.1, 0.15) is 12.8 Å². The van der Waals surface area contributed by atoms with Gasteiger partial charge in [0.25, 0.3) is 0 Å². The Bertz CT molecular complexity index is 95.2. The van der Waals surface area contributed by atoms with E-state index in [1.165, 1.54) is 6.42 Å². The molecule has 0 aromatic rings. The maximum atomic E-state index is 5.40. The van der Waals surface area contributed by atoms with E-state index in [-0.39, 0.29) is 6.23 Å². The van der Waals surface area contributed by atoms with Gasteiger partial charge in [-0.2, -0.15) is 5.06 Å². The monoisotopic (exact) mass is 129 g/mol. The summed E-state index contributed by atoms with van der Waals surface area (Å²) in [6.45, 7) is 2.54. The first-order chi connectivity index (χ1) is 4.47. The number of hydrogen-bond acceptors (Lipinski definition) is 3. The molecular weight excluding hydrogens is 118 g/mol. The van der Waals surface area contributed by atoms with E-state index in [9.17, 15) is 0 Å². The van der Waals surface area contributed by atoms with E-state index in [4.69, 9.17) is 9.57 Å². The maximum Gasteiger partial charge on any atom is 0.133 e. The van der Waals surface area contributed by atoms with E-state index >= 15 is 0 Å². The van der Waals surface area contributed by atoms with E-state index < -0.39 is 0 Å². The van der Waals surface area contributed by atoms with Gasteiger partial charge >= 0.3 is 0 Å². The Labute approximate surface area is 54.5 Å². The lowest BCUT2D eigenvalue weighted by Gasteiger charge is -2.28. The first-order valence-corrected chi connectivity index (χ1v) is 3.48. The van der Waals surface area contributed by atoms with Crippen LogP contribution in [0.3, 0.4) is 0 Å². The third kappa shape index (κ3) is 0.956. The molecule has 0 bridgehead atoms. The van der Waals surface area contributed by atoms with Crippen molar-refractivity contribution in [3.05, 3.63) is 0 Å². The first-order valence-electron chi connectivity index (χ1n) is 3.48. The fourth-order valence-corrected chi connectivity index (χ4v) is 1.36. The van der Waals surface area contributed by atoms with Gasteiger partial charge in [-0.3, -0.25) is 4.84 Å². The normalized spacial score (nSPS) is 36.7. The van der Waals surface area contributed by atoms with Gasteiger partial charge in [-0.15, -0.1) is 0 Å². The van der Waals surface area contributed by atoms with Gasteiger partial charge in [0.05, 0.1) is 13.2 Å². The highest BCUT2D eigenvalue weighted by molar-refractivity contribution is 4.66. The molecule has 2 rings (SSSR count). The smallest absolute Gasteiger partial charge is 0.133 e. The van der Waals surface area contributed by atoms with Crippen LogP contribution in [0, 0.1) is 0 Å². The van der Waals surface area contributed by atoms with Crippen molar-refractivity contribution in [2.24, 2.45) is 0 Å². The van der Waals surface area contributed by atoms with Crippen molar-refractivity contribution >= 4 is 0 Å². The summed E-state index contributed by atoms with van der Waals surface area (Å²) in [5.74, 6) is 0. The number of nitrogens with zero attached hydrogens (tertiary/aromatic N) is 1. The summed E-state index contributed by atoms with van der Waals surface area (Å²) in [6, 6.07) is 0. The number of rotatable bonds is 0. The average Bonchev–Trinajstić information content (AvgIpc) is 2.33. The van der Waals surface area contributed by atoms with Crippen molar-refractivity contribution in [2.75, 3.05) is 19.8 Å². The van der Waals surface area contributed by atoms with Crippen molar-refractivity contribution < 1.29 is 9.57 Å². The Kier molecular flexibility index (Phi) is 1.41. The van der Waals surface area contributed by atoms with Gasteiger partial charge in [0, 0.05) is 6.54 Å². The summed E-state index contributed by atoms with van der Waals surface area (Å²) in [5, 5.41) is 1.95. The third-order valence-electron chi connectivity index (χ3n) is 1.80. The highest BCUT2D eigenvalue weighted by Gasteiger charge is 2.28. The molecule has 3 heteroatoms. The standard InChI is InChI=1S/C6H11NO2/c1-2-6-7(3-1)9-5-4-8-6/h6H,1-5H2. The summed E-state index contributed by atoms with van der Waals surface area (Å²) in [5.41, 5.74) is 0. The van der Waals surface area contributed by atoms with Gasteiger partial charge < -0.3 is 4.74 Å². The molecule has 1 unspecified atom stereocenters. The zero-order chi connectivity index (χ0) is 6.10. The molecule has 2 aliphatic heterocycles. The predicted molar refractivity (Wildman–Crippen MR) is 31.6 cm³/mol. The molecule has 0 saturated carbocycles. The minimum Gasteiger partial charge on any atom is -0.359 e. The lowest BCUT2D eigenvalue weighted by Crippen LogP contribution is -2.38. The molecule has 2 saturated heterocycles. The third-order valence-corrected chi connectivity index (χ3v) is 1.80. The highest BCUT2D eigenvalue weighted by atomic mass is 16.7. The molecule has 0 aliphatic carbocycles. The largest absolute Gasteiger partial charge is 0.359 e. The average molecular weight is 129 g/mol. The van der Waals surface area contributed by atoms with Crippen molar-refractivity contribution in [1.29, 1.82) is 0 Å². The number of hydroxylamine groups is 2. The number of fused-ring (bicyclic) bond motifs is 1. The van der Waals surface area contributed by atoms with Gasteiger partial charge in [0.15, 0.2) is 0 Å². The second kappa shape index (κ2) is 2.25. The topological polar surface area (TPSA) is 21.7 Å². The molecule has 0 amide bonds. The van der Waals surface area contributed by atoms with Crippen molar-refractivity contribution in [3.63, 3.8) is 0 Å². The molecule has 0 radical (unpaired) electrons. The van der Waals surface area contributed by atoms with Crippen LogP contribution in [0.2, 0.25) is 0 Å². The van der Waals surface area contributed by atoms with Crippen LogP contribution in [-0.2, 0) is 9.57 Å². The predicted octanol–water partition coefficient (Wildman–Crippen LogP) is 0.370. The molecule has 9 heavy (non-hydrogen) atoms. The maximum absolute atomic E-state index is 5.40. The molecule has 52 valence electrons. The lowest BCUT2D eigenvalue weighted by molar-refractivity contribution is -0.282. The van der Waals surface area contributed by atoms with E-state index in [0.29, 0.717) is 0 Å². The van der Waals surface area contributed by atoms with Gasteiger partial charge in [0.2, 0.25) is 0 Å². The first kappa shape index (κ1) is 5.65. The summed E-state index contributed by atoms with van der Waals surface area (Å²) in [6.07, 6.45) is 2.63. The van der Waals surface area contributed by atoms with Crippen LogP contribution in [0.25, 0.3) is 0 Å². The van der Waals surface area contributed by atoms with Gasteiger partial charge in [-0.25, -0.2) is 0 Å². The minimum absolute atomic E-state index is 0.277. The van der Waals surface area contributed by atoms with Gasteiger partial charge in [0.1, 0.15) is 6.23 Å². The summed E-state index contributed by atoms with van der Waals surface area (Å²) >= 11 is 0. The fourth-order valence-electron chi connectivity index (χ4n) is 1.36. The van der Waals surface area contributed by atoms with Crippen LogP contribution < -0.4 is 0 Å². The summed E-state index contributed by atoms with van der Waals surface area (Å²) < 4.78 is 5.40. The molecular formula is C6H11NO2. The molecule has 3 nitrogen and oxygen atoms in total. The Balaban J connectivity index is 1.97. The van der Waals surface area contributed by atoms with Crippen molar-refractivity contribution in [2.45, 2.75) is 19.1 Å². The van der Waals surface area contributed by atoms with Crippen LogP contribution >= 0.6 is 0 Å². The highest BCUT2D eigenvalue weighted by Crippen LogP contribution is 2.20. The Morgan fingerprint density at radius 3 is 3.22 bits per heavy atom. The van der Waals surface area contributed by atoms with Crippen LogP contribution in [0.15, 0.2) is 0 Å². The molecule has 0 N–H and O–H groups in total. The molecule has 0 aromatic heterocycles. The SMILES string of the molecule is C1CC2OCCON2C1. The molecule has 0 spiro atoms. The van der Waals surface area contributed by atoms with Crippen LogP contribution in [0.5, 0.6) is 0 Å². The molecule has 2 heterocycles. The second-order valence-electron chi connectivity index (χ2n) is 2.44. The number of ether oxygens (including phenoxy) is 1. The van der Waals surface area contributed by atoms with E-state index in [1.807, 2.05) is 5.06 Å². The van der Waals surface area contributed by atoms with Gasteiger partial charge in [-0.05, 0) is 12.8 Å². The van der Waals surface area contributed by atoms with Crippen LogP contribution in [-0.4, -0.2) is 31.0 Å². The number of hydrogen-bond donors (Lipinski definition) is 0. The van der Waals surface area contributed by atoms with Crippen molar-refractivity contribution in [3.8, 4) is 0 Å². The molecule has 1 atom stereocenters. The Morgan fingerprint density at radius 2 is 2.33 bits per heavy atom. The summed E-state index contributed by atoms with van der Waals surface area (Å²) in [4.78, 5) is 5.31. The minimum atomic E-state index is 0.277. The quantitative estimate of drug-likeness (QED) is 0.471. The Morgan fingerprint density at radius 1 is 1.33 bits per heavy atom. The molecule has 2 fully saturated rings. The lowest BCUT2D eigenvalue weighted by atomic mass is 10.4. The van der Waals surface area contributed by atoms with Crippen molar-refractivity contribution in [1.82, 2.24) is 5.06 Å². The van der Waals surface area contributed by atoms with Gasteiger partial charge in [-0.1, -0.05) is 0 Å². The van der Waals surface area contributed by atoms with E-state index in [0.717, 1.165) is 26.2 Å². The van der Waals surface area contributed by atoms with E-state index in [1.54, 1.807) is 0 Å². The zero-order valence-electron chi connectivity index (χ0n) is 5.38. The van der Waals surface area contributed by atoms with E-state index in [2.05, 4.69) is 0 Å². The Hall–Kier alpha value is -0.120.